The summed E-state index contributed by atoms with van der Waals surface area (Å²) in [6, 6.07) is 0.793. The third-order valence-corrected chi connectivity index (χ3v) is 5.72. The van der Waals surface area contributed by atoms with Crippen LogP contribution >= 0.6 is 0 Å². The van der Waals surface area contributed by atoms with Crippen molar-refractivity contribution in [2.24, 2.45) is 5.92 Å². The molecule has 2 atom stereocenters. The van der Waals surface area contributed by atoms with Crippen LogP contribution in [0, 0.1) is 5.92 Å². The van der Waals surface area contributed by atoms with E-state index >= 15 is 0 Å². The van der Waals surface area contributed by atoms with E-state index in [1.54, 1.807) is 0 Å². The van der Waals surface area contributed by atoms with Gasteiger partial charge in [0.25, 0.3) is 0 Å². The first kappa shape index (κ1) is 16.3. The van der Waals surface area contributed by atoms with E-state index in [4.69, 9.17) is 4.74 Å². The molecule has 1 aliphatic carbocycles. The third kappa shape index (κ3) is 3.33. The maximum Gasteiger partial charge on any atom is 0.225 e. The predicted molar refractivity (Wildman–Crippen MR) is 87.7 cm³/mol. The number of hydrogen-bond donors (Lipinski definition) is 1. The SMILES string of the molecule is CC1(C)C[C@H](N[C@@H]2CCN(C(=O)C3CCCC3)C2)C(C)(C)O1. The second-order valence-electron chi connectivity index (χ2n) is 8.64. The number of rotatable bonds is 3. The number of ether oxygens (including phenoxy) is 1. The molecule has 4 heteroatoms. The molecule has 0 aromatic carbocycles. The molecule has 0 unspecified atom stereocenters. The van der Waals surface area contributed by atoms with Crippen molar-refractivity contribution in [1.82, 2.24) is 10.2 Å². The topological polar surface area (TPSA) is 41.6 Å². The molecule has 2 saturated heterocycles. The lowest BCUT2D eigenvalue weighted by Gasteiger charge is -2.30. The molecule has 22 heavy (non-hydrogen) atoms. The van der Waals surface area contributed by atoms with Crippen LogP contribution in [-0.4, -0.2) is 47.2 Å². The first-order valence-corrected chi connectivity index (χ1v) is 9.02. The highest BCUT2D eigenvalue weighted by Gasteiger charge is 2.47. The molecule has 0 spiro atoms. The van der Waals surface area contributed by atoms with Gasteiger partial charge in [0.1, 0.15) is 0 Å². The van der Waals surface area contributed by atoms with Gasteiger partial charge < -0.3 is 15.0 Å². The Hall–Kier alpha value is -0.610. The second-order valence-corrected chi connectivity index (χ2v) is 8.64. The molecule has 0 bridgehead atoms. The van der Waals surface area contributed by atoms with Crippen molar-refractivity contribution in [2.75, 3.05) is 13.1 Å². The van der Waals surface area contributed by atoms with Crippen LogP contribution in [0.4, 0.5) is 0 Å². The summed E-state index contributed by atoms with van der Waals surface area (Å²) in [5, 5.41) is 3.78. The monoisotopic (exact) mass is 308 g/mol. The zero-order valence-electron chi connectivity index (χ0n) is 14.7. The standard InChI is InChI=1S/C18H32N2O2/c1-17(2)11-15(18(3,4)22-17)19-14-9-10-20(12-14)16(21)13-7-5-6-8-13/h13-15,19H,5-12H2,1-4H3/t14-,15+/m1/s1. The van der Waals surface area contributed by atoms with Gasteiger partial charge in [-0.2, -0.15) is 0 Å². The molecular weight excluding hydrogens is 276 g/mol. The lowest BCUT2D eigenvalue weighted by Crippen LogP contribution is -2.49. The third-order valence-electron chi connectivity index (χ3n) is 5.72. The molecule has 3 fully saturated rings. The van der Waals surface area contributed by atoms with Gasteiger partial charge in [-0.25, -0.2) is 0 Å². The molecule has 2 heterocycles. The lowest BCUT2D eigenvalue weighted by molar-refractivity contribution is -0.134. The van der Waals surface area contributed by atoms with E-state index in [1.807, 2.05) is 0 Å². The number of nitrogens with zero attached hydrogens (tertiary/aromatic N) is 1. The average molecular weight is 308 g/mol. The molecule has 4 nitrogen and oxygen atoms in total. The van der Waals surface area contributed by atoms with Crippen molar-refractivity contribution in [3.8, 4) is 0 Å². The minimum absolute atomic E-state index is 0.0564. The van der Waals surface area contributed by atoms with Gasteiger partial charge >= 0.3 is 0 Å². The van der Waals surface area contributed by atoms with Crippen LogP contribution in [0.15, 0.2) is 0 Å². The van der Waals surface area contributed by atoms with Crippen molar-refractivity contribution in [3.63, 3.8) is 0 Å². The number of amides is 1. The van der Waals surface area contributed by atoms with Crippen LogP contribution in [-0.2, 0) is 9.53 Å². The maximum atomic E-state index is 12.5. The molecule has 126 valence electrons. The highest BCUT2D eigenvalue weighted by Crippen LogP contribution is 2.38. The summed E-state index contributed by atoms with van der Waals surface area (Å²) in [6.45, 7) is 10.5. The highest BCUT2D eigenvalue weighted by molar-refractivity contribution is 5.79. The number of carbonyl (C=O) groups excluding carboxylic acids is 1. The molecule has 1 N–H and O–H groups in total. The van der Waals surface area contributed by atoms with E-state index in [9.17, 15) is 4.79 Å². The predicted octanol–water partition coefficient (Wildman–Crippen LogP) is 2.71. The summed E-state index contributed by atoms with van der Waals surface area (Å²) in [6.07, 6.45) is 6.78. The van der Waals surface area contributed by atoms with Gasteiger partial charge in [0, 0.05) is 31.1 Å². The Bertz CT molecular complexity index is 427. The Labute approximate surface area is 135 Å². The van der Waals surface area contributed by atoms with Crippen LogP contribution in [0.3, 0.4) is 0 Å². The van der Waals surface area contributed by atoms with Crippen LogP contribution < -0.4 is 5.32 Å². The lowest BCUT2D eigenvalue weighted by atomic mass is 9.93. The van der Waals surface area contributed by atoms with Crippen LogP contribution in [0.25, 0.3) is 0 Å². The number of hydrogen-bond acceptors (Lipinski definition) is 3. The molecule has 0 radical (unpaired) electrons. The van der Waals surface area contributed by atoms with E-state index in [-0.39, 0.29) is 11.2 Å². The minimum atomic E-state index is -0.133. The fourth-order valence-corrected chi connectivity index (χ4v) is 4.63. The molecule has 3 rings (SSSR count). The van der Waals surface area contributed by atoms with Crippen molar-refractivity contribution in [3.05, 3.63) is 0 Å². The van der Waals surface area contributed by atoms with Gasteiger partial charge in [0.15, 0.2) is 0 Å². The Kier molecular flexibility index (Phi) is 4.28. The molecule has 3 aliphatic rings. The zero-order chi connectivity index (χ0) is 16.0. The van der Waals surface area contributed by atoms with Crippen LogP contribution in [0.5, 0.6) is 0 Å². The summed E-state index contributed by atoms with van der Waals surface area (Å²) in [7, 11) is 0. The minimum Gasteiger partial charge on any atom is -0.368 e. The Morgan fingerprint density at radius 1 is 1.14 bits per heavy atom. The Balaban J connectivity index is 1.54. The number of nitrogens with one attached hydrogen (secondary N) is 1. The van der Waals surface area contributed by atoms with E-state index < -0.39 is 0 Å². The Morgan fingerprint density at radius 2 is 1.82 bits per heavy atom. The molecule has 2 aliphatic heterocycles. The summed E-state index contributed by atoms with van der Waals surface area (Å²) in [5.74, 6) is 0.716. The largest absolute Gasteiger partial charge is 0.368 e. The van der Waals surface area contributed by atoms with Gasteiger partial charge in [0.05, 0.1) is 11.2 Å². The quantitative estimate of drug-likeness (QED) is 0.871. The van der Waals surface area contributed by atoms with E-state index in [0.717, 1.165) is 38.8 Å². The second kappa shape index (κ2) is 5.79. The van der Waals surface area contributed by atoms with Gasteiger partial charge in [-0.1, -0.05) is 12.8 Å². The zero-order valence-corrected chi connectivity index (χ0v) is 14.7. The molecule has 1 saturated carbocycles. The highest BCUT2D eigenvalue weighted by atomic mass is 16.5. The molecule has 0 aromatic heterocycles. The summed E-state index contributed by atoms with van der Waals surface area (Å²) in [4.78, 5) is 14.6. The van der Waals surface area contributed by atoms with E-state index in [2.05, 4.69) is 37.9 Å². The van der Waals surface area contributed by atoms with Crippen molar-refractivity contribution in [2.45, 2.75) is 89.5 Å². The van der Waals surface area contributed by atoms with Gasteiger partial charge in [0.2, 0.25) is 5.91 Å². The summed E-state index contributed by atoms with van der Waals surface area (Å²) in [5.41, 5.74) is -0.189. The number of carbonyl (C=O) groups is 1. The molecule has 1 amide bonds. The molecule has 0 aromatic rings. The van der Waals surface area contributed by atoms with E-state index in [0.29, 0.717) is 23.9 Å². The summed E-state index contributed by atoms with van der Waals surface area (Å²) < 4.78 is 6.17. The van der Waals surface area contributed by atoms with Crippen LogP contribution in [0.1, 0.15) is 66.2 Å². The van der Waals surface area contributed by atoms with Gasteiger partial charge in [-0.15, -0.1) is 0 Å². The summed E-state index contributed by atoms with van der Waals surface area (Å²) >= 11 is 0. The van der Waals surface area contributed by atoms with Crippen molar-refractivity contribution < 1.29 is 9.53 Å². The van der Waals surface area contributed by atoms with Crippen molar-refractivity contribution >= 4 is 5.91 Å². The maximum absolute atomic E-state index is 12.5. The van der Waals surface area contributed by atoms with Crippen LogP contribution in [0.2, 0.25) is 0 Å². The van der Waals surface area contributed by atoms with Crippen molar-refractivity contribution in [1.29, 1.82) is 0 Å². The first-order chi connectivity index (χ1) is 10.3. The first-order valence-electron chi connectivity index (χ1n) is 9.02. The number of likely N-dealkylation sites (tertiary alicyclic amines) is 1. The smallest absolute Gasteiger partial charge is 0.225 e. The van der Waals surface area contributed by atoms with Gasteiger partial charge in [-0.3, -0.25) is 4.79 Å². The van der Waals surface area contributed by atoms with E-state index in [1.165, 1.54) is 12.8 Å². The molecular formula is C18H32N2O2. The Morgan fingerprint density at radius 3 is 2.41 bits per heavy atom. The fourth-order valence-electron chi connectivity index (χ4n) is 4.63. The fraction of sp³-hybridized carbons (Fsp3) is 0.944. The normalized spacial score (nSPS) is 34.5. The van der Waals surface area contributed by atoms with Gasteiger partial charge in [-0.05, 0) is 53.4 Å². The average Bonchev–Trinajstić information content (AvgIpc) is 3.10.